The van der Waals surface area contributed by atoms with E-state index in [-0.39, 0.29) is 0 Å². The molecule has 0 N–H and O–H groups in total. The summed E-state index contributed by atoms with van der Waals surface area (Å²) in [7, 11) is 1.67. The van der Waals surface area contributed by atoms with Gasteiger partial charge in [-0.1, -0.05) is 0 Å². The first-order valence-corrected chi connectivity index (χ1v) is 5.75. The van der Waals surface area contributed by atoms with Crippen molar-refractivity contribution in [3.63, 3.8) is 0 Å². The van der Waals surface area contributed by atoms with Crippen LogP contribution in [0, 0.1) is 5.41 Å². The average molecular weight is 224 g/mol. The van der Waals surface area contributed by atoms with Gasteiger partial charge in [-0.3, -0.25) is 0 Å². The molecule has 0 bridgehead atoms. The van der Waals surface area contributed by atoms with Gasteiger partial charge in [0.2, 0.25) is 0 Å². The molecule has 1 atom stereocenters. The van der Waals surface area contributed by atoms with E-state index in [1.54, 1.807) is 7.11 Å². The van der Waals surface area contributed by atoms with Crippen LogP contribution < -0.4 is 0 Å². The van der Waals surface area contributed by atoms with Gasteiger partial charge in [-0.2, -0.15) is 0 Å². The first kappa shape index (κ1) is 11.5. The molecule has 1 spiro atoms. The number of methoxy groups -OCH3 is 1. The summed E-state index contributed by atoms with van der Waals surface area (Å²) in [5.41, 5.74) is 0.351. The Labute approximate surface area is 96.9 Å². The molecular formula is C12H20N2O2. The summed E-state index contributed by atoms with van der Waals surface area (Å²) in [5, 5.41) is 0. The second-order valence-electron chi connectivity index (χ2n) is 4.72. The van der Waals surface area contributed by atoms with Crippen molar-refractivity contribution < 1.29 is 9.47 Å². The Hall–Kier alpha value is -1.03. The summed E-state index contributed by atoms with van der Waals surface area (Å²) < 4.78 is 10.8. The molecule has 2 heterocycles. The number of ether oxygens (including phenoxy) is 2. The van der Waals surface area contributed by atoms with E-state index in [9.17, 15) is 0 Å². The Morgan fingerprint density at radius 1 is 1.50 bits per heavy atom. The van der Waals surface area contributed by atoms with Crippen LogP contribution in [0.3, 0.4) is 0 Å². The van der Waals surface area contributed by atoms with Crippen LogP contribution in [0.1, 0.15) is 19.8 Å². The molecule has 16 heavy (non-hydrogen) atoms. The van der Waals surface area contributed by atoms with Crippen LogP contribution in [0.25, 0.3) is 0 Å². The highest BCUT2D eigenvalue weighted by molar-refractivity contribution is 5.29. The monoisotopic (exact) mass is 224 g/mol. The predicted octanol–water partition coefficient (Wildman–Crippen LogP) is 1.63. The van der Waals surface area contributed by atoms with Gasteiger partial charge < -0.3 is 14.4 Å². The maximum absolute atomic E-state index is 5.51. The molecule has 2 aliphatic heterocycles. The molecule has 2 rings (SSSR count). The number of rotatable bonds is 3. The molecule has 2 aliphatic rings. The van der Waals surface area contributed by atoms with Gasteiger partial charge in [-0.15, -0.1) is 0 Å². The van der Waals surface area contributed by atoms with Crippen molar-refractivity contribution in [2.45, 2.75) is 19.8 Å². The summed E-state index contributed by atoms with van der Waals surface area (Å²) in [4.78, 5) is 6.35. The van der Waals surface area contributed by atoms with Gasteiger partial charge in [0.25, 0.3) is 0 Å². The van der Waals surface area contributed by atoms with Crippen LogP contribution in [-0.2, 0) is 9.47 Å². The van der Waals surface area contributed by atoms with Crippen LogP contribution in [0.15, 0.2) is 16.6 Å². The van der Waals surface area contributed by atoms with E-state index < -0.39 is 0 Å². The second-order valence-corrected chi connectivity index (χ2v) is 4.72. The van der Waals surface area contributed by atoms with Crippen molar-refractivity contribution in [2.24, 2.45) is 10.4 Å². The molecule has 0 saturated carbocycles. The SMILES string of the molecule is C=N/C(=C(\C)OC)N1CCC2(CCOC2)C1. The van der Waals surface area contributed by atoms with E-state index in [1.807, 2.05) is 6.92 Å². The van der Waals surface area contributed by atoms with Crippen molar-refractivity contribution in [2.75, 3.05) is 33.4 Å². The Kier molecular flexibility index (Phi) is 3.19. The molecule has 0 radical (unpaired) electrons. The zero-order valence-electron chi connectivity index (χ0n) is 10.2. The molecule has 0 aromatic rings. The molecule has 2 saturated heterocycles. The fourth-order valence-electron chi connectivity index (χ4n) is 2.61. The van der Waals surface area contributed by atoms with Gasteiger partial charge in [0.05, 0.1) is 13.7 Å². The molecule has 4 heteroatoms. The third-order valence-corrected chi connectivity index (χ3v) is 3.69. The first-order chi connectivity index (χ1) is 7.71. The van der Waals surface area contributed by atoms with Gasteiger partial charge in [0.15, 0.2) is 5.82 Å². The van der Waals surface area contributed by atoms with E-state index in [0.717, 1.165) is 37.9 Å². The summed E-state index contributed by atoms with van der Waals surface area (Å²) >= 11 is 0. The van der Waals surface area contributed by atoms with E-state index in [4.69, 9.17) is 9.47 Å². The normalized spacial score (nSPS) is 30.8. The van der Waals surface area contributed by atoms with Crippen molar-refractivity contribution in [1.82, 2.24) is 4.90 Å². The van der Waals surface area contributed by atoms with Gasteiger partial charge >= 0.3 is 0 Å². The lowest BCUT2D eigenvalue weighted by Gasteiger charge is -2.24. The molecular weight excluding hydrogens is 204 g/mol. The van der Waals surface area contributed by atoms with Crippen LogP contribution in [0.2, 0.25) is 0 Å². The van der Waals surface area contributed by atoms with Crippen molar-refractivity contribution >= 4 is 6.72 Å². The minimum absolute atomic E-state index is 0.351. The highest BCUT2D eigenvalue weighted by atomic mass is 16.5. The molecule has 1 unspecified atom stereocenters. The summed E-state index contributed by atoms with van der Waals surface area (Å²) in [6.07, 6.45) is 2.35. The third-order valence-electron chi connectivity index (χ3n) is 3.69. The van der Waals surface area contributed by atoms with E-state index in [0.29, 0.717) is 5.41 Å². The van der Waals surface area contributed by atoms with Crippen LogP contribution >= 0.6 is 0 Å². The summed E-state index contributed by atoms with van der Waals surface area (Å²) in [5.74, 6) is 1.72. The Bertz CT molecular complexity index is 306. The van der Waals surface area contributed by atoms with Crippen LogP contribution in [-0.4, -0.2) is 45.0 Å². The van der Waals surface area contributed by atoms with Crippen molar-refractivity contribution in [3.05, 3.63) is 11.6 Å². The molecule has 90 valence electrons. The molecule has 4 nitrogen and oxygen atoms in total. The topological polar surface area (TPSA) is 34.1 Å². The van der Waals surface area contributed by atoms with Crippen LogP contribution in [0.4, 0.5) is 0 Å². The zero-order valence-corrected chi connectivity index (χ0v) is 10.2. The van der Waals surface area contributed by atoms with Crippen LogP contribution in [0.5, 0.6) is 0 Å². The maximum atomic E-state index is 5.51. The number of allylic oxidation sites excluding steroid dienone is 1. The average Bonchev–Trinajstić information content (AvgIpc) is 2.91. The Morgan fingerprint density at radius 2 is 2.31 bits per heavy atom. The molecule has 0 amide bonds. The zero-order chi connectivity index (χ0) is 11.6. The number of hydrogen-bond donors (Lipinski definition) is 0. The predicted molar refractivity (Wildman–Crippen MR) is 63.3 cm³/mol. The molecule has 2 fully saturated rings. The van der Waals surface area contributed by atoms with Crippen molar-refractivity contribution in [3.8, 4) is 0 Å². The minimum Gasteiger partial charge on any atom is -0.498 e. The van der Waals surface area contributed by atoms with Gasteiger partial charge in [-0.25, -0.2) is 4.99 Å². The summed E-state index contributed by atoms with van der Waals surface area (Å²) in [6.45, 7) is 9.39. The third kappa shape index (κ3) is 1.94. The van der Waals surface area contributed by atoms with E-state index in [2.05, 4.69) is 16.6 Å². The largest absolute Gasteiger partial charge is 0.498 e. The Morgan fingerprint density at radius 3 is 2.88 bits per heavy atom. The number of nitrogens with zero attached hydrogens (tertiary/aromatic N) is 2. The fourth-order valence-corrected chi connectivity index (χ4v) is 2.61. The standard InChI is InChI=1S/C12H20N2O2/c1-10(15-3)11(13-2)14-6-4-12(8-14)5-7-16-9-12/h2,4-9H2,1,3H3/b11-10-. The Balaban J connectivity index is 2.10. The quantitative estimate of drug-likeness (QED) is 0.540. The summed E-state index contributed by atoms with van der Waals surface area (Å²) in [6, 6.07) is 0. The lowest BCUT2D eigenvalue weighted by Crippen LogP contribution is -2.27. The van der Waals surface area contributed by atoms with E-state index in [1.165, 1.54) is 12.8 Å². The highest BCUT2D eigenvalue weighted by Crippen LogP contribution is 2.39. The lowest BCUT2D eigenvalue weighted by atomic mass is 9.87. The molecule has 0 aromatic heterocycles. The smallest absolute Gasteiger partial charge is 0.166 e. The molecule has 0 aromatic carbocycles. The molecule has 0 aliphatic carbocycles. The van der Waals surface area contributed by atoms with Crippen molar-refractivity contribution in [1.29, 1.82) is 0 Å². The number of hydrogen-bond acceptors (Lipinski definition) is 4. The fraction of sp³-hybridized carbons (Fsp3) is 0.750. The van der Waals surface area contributed by atoms with Gasteiger partial charge in [0.1, 0.15) is 5.76 Å². The van der Waals surface area contributed by atoms with Gasteiger partial charge in [0, 0.05) is 25.1 Å². The van der Waals surface area contributed by atoms with Gasteiger partial charge in [-0.05, 0) is 26.5 Å². The van der Waals surface area contributed by atoms with E-state index >= 15 is 0 Å². The number of likely N-dealkylation sites (tertiary alicyclic amines) is 1. The second kappa shape index (κ2) is 4.45. The minimum atomic E-state index is 0.351. The first-order valence-electron chi connectivity index (χ1n) is 5.75. The highest BCUT2D eigenvalue weighted by Gasteiger charge is 2.42. The number of aliphatic imine (C=N–C) groups is 1. The maximum Gasteiger partial charge on any atom is 0.166 e. The lowest BCUT2D eigenvalue weighted by molar-refractivity contribution is 0.154.